The van der Waals surface area contributed by atoms with Crippen LogP contribution < -0.4 is 62.9 Å². The predicted octanol–water partition coefficient (Wildman–Crippen LogP) is 2.48. The average molecular weight is 425 g/mol. The van der Waals surface area contributed by atoms with Crippen molar-refractivity contribution >= 4 is 17.6 Å². The summed E-state index contributed by atoms with van der Waals surface area (Å²) < 4.78 is 19.3. The number of benzene rings is 3. The van der Waals surface area contributed by atoms with E-state index in [2.05, 4.69) is 6.07 Å². The van der Waals surface area contributed by atoms with Gasteiger partial charge in [-0.15, -0.1) is 11.6 Å². The minimum Gasteiger partial charge on any atom is -0.423 e. The van der Waals surface area contributed by atoms with E-state index in [4.69, 9.17) is 16.3 Å². The van der Waals surface area contributed by atoms with Crippen LogP contribution in [0.2, 0.25) is 5.02 Å². The Bertz CT molecular complexity index is 877. The van der Waals surface area contributed by atoms with Crippen LogP contribution in [0.25, 0.3) is 11.1 Å². The van der Waals surface area contributed by atoms with Gasteiger partial charge in [0.1, 0.15) is 5.75 Å². The van der Waals surface area contributed by atoms with Gasteiger partial charge in [-0.3, -0.25) is 4.39 Å². The van der Waals surface area contributed by atoms with Gasteiger partial charge in [-0.25, -0.2) is 4.79 Å². The molecule has 0 aromatic heterocycles. The first-order chi connectivity index (χ1) is 11.5. The van der Waals surface area contributed by atoms with Gasteiger partial charge in [-0.05, 0) is 41.8 Å². The van der Waals surface area contributed by atoms with Gasteiger partial charge in [0.2, 0.25) is 0 Å². The third-order valence-electron chi connectivity index (χ3n) is 3.55. The summed E-state index contributed by atoms with van der Waals surface area (Å²) in [7, 11) is 0. The number of halogens is 2. The SMILES string of the molecule is Cc1ccc(C(=O)Oc2ccc(-c3cc[c-]c(Cl)c3F)cc2)cc1.[Rb+]. The van der Waals surface area contributed by atoms with Crippen molar-refractivity contribution in [1.82, 2.24) is 0 Å². The van der Waals surface area contributed by atoms with E-state index in [1.807, 2.05) is 19.1 Å². The first-order valence-electron chi connectivity index (χ1n) is 7.29. The molecule has 120 valence electrons. The Labute approximate surface area is 199 Å². The molecule has 0 bridgehead atoms. The van der Waals surface area contributed by atoms with Crippen molar-refractivity contribution in [3.05, 3.63) is 88.7 Å². The Morgan fingerprint density at radius 1 is 1.04 bits per heavy atom. The van der Waals surface area contributed by atoms with Crippen molar-refractivity contribution in [1.29, 1.82) is 0 Å². The molecule has 0 aliphatic heterocycles. The van der Waals surface area contributed by atoms with E-state index in [0.717, 1.165) is 5.56 Å². The first-order valence-corrected chi connectivity index (χ1v) is 7.67. The Morgan fingerprint density at radius 2 is 1.68 bits per heavy atom. The summed E-state index contributed by atoms with van der Waals surface area (Å²) in [5.41, 5.74) is 2.55. The summed E-state index contributed by atoms with van der Waals surface area (Å²) in [4.78, 5) is 12.1. The quantitative estimate of drug-likeness (QED) is 0.366. The second kappa shape index (κ2) is 9.20. The molecule has 0 radical (unpaired) electrons. The molecule has 2 nitrogen and oxygen atoms in total. The molecule has 0 unspecified atom stereocenters. The zero-order chi connectivity index (χ0) is 17.1. The minimum atomic E-state index is -0.524. The molecule has 5 heteroatoms. The van der Waals surface area contributed by atoms with Crippen molar-refractivity contribution in [3.63, 3.8) is 0 Å². The Morgan fingerprint density at radius 3 is 2.32 bits per heavy atom. The third-order valence-corrected chi connectivity index (χ3v) is 3.83. The van der Waals surface area contributed by atoms with Crippen LogP contribution in [0.5, 0.6) is 5.75 Å². The van der Waals surface area contributed by atoms with Crippen LogP contribution in [-0.4, -0.2) is 5.97 Å². The van der Waals surface area contributed by atoms with Gasteiger partial charge >= 0.3 is 64.2 Å². The molecule has 0 N–H and O–H groups in total. The summed E-state index contributed by atoms with van der Waals surface area (Å²) in [6, 6.07) is 19.4. The smallest absolute Gasteiger partial charge is 0.423 e. The predicted molar refractivity (Wildman–Crippen MR) is 91.8 cm³/mol. The Hall–Kier alpha value is -0.845. The van der Waals surface area contributed by atoms with Gasteiger partial charge in [-0.1, -0.05) is 35.4 Å². The van der Waals surface area contributed by atoms with E-state index in [1.54, 1.807) is 48.5 Å². The van der Waals surface area contributed by atoms with Crippen LogP contribution >= 0.6 is 11.6 Å². The van der Waals surface area contributed by atoms with Crippen LogP contribution in [0.15, 0.2) is 60.7 Å². The summed E-state index contributed by atoms with van der Waals surface area (Å²) in [5, 5.41) is -0.0534. The van der Waals surface area contributed by atoms with Gasteiger partial charge < -0.3 is 4.74 Å². The molecule has 0 saturated heterocycles. The van der Waals surface area contributed by atoms with Crippen molar-refractivity contribution in [2.45, 2.75) is 6.92 Å². The minimum absolute atomic E-state index is 0. The fourth-order valence-corrected chi connectivity index (χ4v) is 2.40. The topological polar surface area (TPSA) is 26.3 Å². The van der Waals surface area contributed by atoms with Crippen LogP contribution in [-0.2, 0) is 0 Å². The molecule has 0 saturated carbocycles. The summed E-state index contributed by atoms with van der Waals surface area (Å²) in [6.07, 6.45) is 0. The van der Waals surface area contributed by atoms with Crippen molar-refractivity contribution in [2.24, 2.45) is 0 Å². The fraction of sp³-hybridized carbons (Fsp3) is 0.0500. The van der Waals surface area contributed by atoms with E-state index < -0.39 is 11.8 Å². The second-order valence-corrected chi connectivity index (χ2v) is 5.68. The molecule has 0 aliphatic carbocycles. The summed E-state index contributed by atoms with van der Waals surface area (Å²) in [5.74, 6) is -0.576. The molecule has 25 heavy (non-hydrogen) atoms. The van der Waals surface area contributed by atoms with Crippen molar-refractivity contribution in [3.8, 4) is 16.9 Å². The van der Waals surface area contributed by atoms with Gasteiger partial charge in [0.15, 0.2) is 0 Å². The number of carbonyl (C=O) groups excluding carboxylic acids is 1. The fourth-order valence-electron chi connectivity index (χ4n) is 2.23. The Balaban J connectivity index is 0.00000225. The maximum Gasteiger partial charge on any atom is 1.00 e. The monoisotopic (exact) mass is 424 g/mol. The number of hydrogen-bond acceptors (Lipinski definition) is 2. The molecular weight excluding hydrogens is 412 g/mol. The molecule has 3 aromatic rings. The number of rotatable bonds is 3. The molecule has 0 fully saturated rings. The van der Waals surface area contributed by atoms with Gasteiger partial charge in [-0.2, -0.15) is 18.2 Å². The maximum absolute atomic E-state index is 14.0. The average Bonchev–Trinajstić information content (AvgIpc) is 2.59. The van der Waals surface area contributed by atoms with E-state index in [-0.39, 0.29) is 63.2 Å². The van der Waals surface area contributed by atoms with Gasteiger partial charge in [0, 0.05) is 5.82 Å². The third kappa shape index (κ3) is 5.08. The largest absolute Gasteiger partial charge is 1.00 e. The van der Waals surface area contributed by atoms with E-state index >= 15 is 0 Å². The normalized spacial score (nSPS) is 10.0. The number of esters is 1. The zero-order valence-corrected chi connectivity index (χ0v) is 19.5. The van der Waals surface area contributed by atoms with Gasteiger partial charge in [0.25, 0.3) is 0 Å². The molecule has 0 atom stereocenters. The van der Waals surface area contributed by atoms with Crippen LogP contribution in [0.1, 0.15) is 15.9 Å². The Kier molecular flexibility index (Phi) is 7.53. The first kappa shape index (κ1) is 20.5. The molecule has 0 heterocycles. The van der Waals surface area contributed by atoms with E-state index in [0.29, 0.717) is 22.4 Å². The molecule has 3 aromatic carbocycles. The van der Waals surface area contributed by atoms with E-state index in [9.17, 15) is 9.18 Å². The molecule has 0 aliphatic rings. The van der Waals surface area contributed by atoms with Crippen molar-refractivity contribution < 1.29 is 72.1 Å². The van der Waals surface area contributed by atoms with Crippen molar-refractivity contribution in [2.75, 3.05) is 0 Å². The van der Waals surface area contributed by atoms with Gasteiger partial charge in [0.05, 0.1) is 5.56 Å². The summed E-state index contributed by atoms with van der Waals surface area (Å²) in [6.45, 7) is 1.95. The number of aryl methyl sites for hydroxylation is 1. The number of hydrogen-bond donors (Lipinski definition) is 0. The van der Waals surface area contributed by atoms with E-state index in [1.165, 1.54) is 0 Å². The van der Waals surface area contributed by atoms with Crippen LogP contribution in [0, 0.1) is 18.8 Å². The standard InChI is InChI=1S/C20H13ClFO2.Rb/c1-13-5-7-15(8-6-13)20(23)24-16-11-9-14(10-12-16)17-3-2-4-18(21)19(17)22;/h2-3,5-12H,1H3;/q-1;+1. The second-order valence-electron chi connectivity index (χ2n) is 5.30. The molecule has 0 amide bonds. The number of ether oxygens (including phenoxy) is 1. The molecule has 0 spiro atoms. The zero-order valence-electron chi connectivity index (χ0n) is 13.8. The summed E-state index contributed by atoms with van der Waals surface area (Å²) >= 11 is 5.74. The number of carbonyl (C=O) groups is 1. The molecular formula is C20H13ClFO2Rb. The molecule has 3 rings (SSSR count). The van der Waals surface area contributed by atoms with Crippen LogP contribution in [0.3, 0.4) is 0 Å². The maximum atomic E-state index is 14.0. The van der Waals surface area contributed by atoms with Crippen LogP contribution in [0.4, 0.5) is 4.39 Å².